The lowest BCUT2D eigenvalue weighted by Gasteiger charge is -2.29. The lowest BCUT2D eigenvalue weighted by atomic mass is 10.1. The molecule has 3 aromatic heterocycles. The van der Waals surface area contributed by atoms with E-state index in [0.717, 1.165) is 35.2 Å². The van der Waals surface area contributed by atoms with Crippen LogP contribution in [-0.2, 0) is 5.75 Å². The van der Waals surface area contributed by atoms with Crippen LogP contribution >= 0.6 is 23.1 Å². The van der Waals surface area contributed by atoms with E-state index in [2.05, 4.69) is 35.6 Å². The number of carbonyl (C=O) groups excluding carboxylic acids is 1. The van der Waals surface area contributed by atoms with Gasteiger partial charge in [-0.1, -0.05) is 19.1 Å². The predicted molar refractivity (Wildman–Crippen MR) is 184 cm³/mol. The summed E-state index contributed by atoms with van der Waals surface area (Å²) >= 11 is 2.95. The third-order valence-electron chi connectivity index (χ3n) is 8.03. The molecule has 46 heavy (non-hydrogen) atoms. The van der Waals surface area contributed by atoms with Crippen LogP contribution in [0.1, 0.15) is 49.0 Å². The first-order valence-corrected chi connectivity index (χ1v) is 17.1. The van der Waals surface area contributed by atoms with E-state index in [1.54, 1.807) is 36.7 Å². The summed E-state index contributed by atoms with van der Waals surface area (Å²) < 4.78 is 24.7. The highest BCUT2D eigenvalue weighted by molar-refractivity contribution is 8.01. The lowest BCUT2D eigenvalue weighted by Crippen LogP contribution is -2.40. The third-order valence-corrected chi connectivity index (χ3v) is 9.85. The van der Waals surface area contributed by atoms with Gasteiger partial charge < -0.3 is 23.5 Å². The van der Waals surface area contributed by atoms with Gasteiger partial charge in [-0.15, -0.1) is 16.9 Å². The number of amides is 1. The van der Waals surface area contributed by atoms with Crippen LogP contribution in [0.2, 0.25) is 0 Å². The maximum atomic E-state index is 13.2. The van der Waals surface area contributed by atoms with Crippen molar-refractivity contribution < 1.29 is 23.4 Å². The highest BCUT2D eigenvalue weighted by Crippen LogP contribution is 2.38. The summed E-state index contributed by atoms with van der Waals surface area (Å²) in [6.45, 7) is 9.04. The Labute approximate surface area is 276 Å². The smallest absolute Gasteiger partial charge is 0.294 e. The first-order chi connectivity index (χ1) is 22.4. The zero-order chi connectivity index (χ0) is 32.2. The zero-order valence-electron chi connectivity index (χ0n) is 26.4. The molecule has 2 aromatic carbocycles. The molecule has 1 unspecified atom stereocenters. The molecule has 3 heterocycles. The molecule has 1 atom stereocenters. The highest BCUT2D eigenvalue weighted by Gasteiger charge is 2.34. The Bertz CT molecular complexity index is 1840. The van der Waals surface area contributed by atoms with Crippen molar-refractivity contribution in [2.24, 2.45) is 10.9 Å². The fourth-order valence-corrected chi connectivity index (χ4v) is 6.81. The fourth-order valence-electron chi connectivity index (χ4n) is 5.31. The third kappa shape index (κ3) is 6.92. The molecule has 0 N–H and O–H groups in total. The summed E-state index contributed by atoms with van der Waals surface area (Å²) in [5.41, 5.74) is 3.81. The maximum absolute atomic E-state index is 13.2. The topological polar surface area (TPSA) is 104 Å². The number of aromatic nitrogens is 3. The number of furan rings is 1. The molecule has 1 fully saturated rings. The van der Waals surface area contributed by atoms with Gasteiger partial charge in [0.05, 0.1) is 31.5 Å². The number of aliphatic imine (C=N–C) groups is 1. The normalized spacial score (nSPS) is 14.0. The molecule has 0 radical (unpaired) electrons. The van der Waals surface area contributed by atoms with Crippen LogP contribution in [0.3, 0.4) is 0 Å². The van der Waals surface area contributed by atoms with E-state index < -0.39 is 0 Å². The minimum absolute atomic E-state index is 0.120. The second kappa shape index (κ2) is 14.0. The Morgan fingerprint density at radius 2 is 2.04 bits per heavy atom. The van der Waals surface area contributed by atoms with Gasteiger partial charge in [0.1, 0.15) is 29.4 Å². The summed E-state index contributed by atoms with van der Waals surface area (Å²) in [5.74, 6) is 3.27. The molecular formula is C34H37N5O5S2. The van der Waals surface area contributed by atoms with Crippen molar-refractivity contribution in [2.75, 3.05) is 27.4 Å². The minimum atomic E-state index is 0.120. The van der Waals surface area contributed by atoms with Gasteiger partial charge in [-0.05, 0) is 79.3 Å². The average Bonchev–Trinajstić information content (AvgIpc) is 3.53. The van der Waals surface area contributed by atoms with Crippen LogP contribution in [0.5, 0.6) is 16.7 Å². The quantitative estimate of drug-likeness (QED) is 0.105. The Kier molecular flexibility index (Phi) is 9.64. The Balaban J connectivity index is 1.10. The number of carbonyl (C=O) groups is 1. The Hall–Kier alpha value is -4.29. The first kappa shape index (κ1) is 31.7. The number of rotatable bonds is 15. The molecule has 0 spiro atoms. The number of benzene rings is 2. The first-order valence-electron chi connectivity index (χ1n) is 15.2. The average molecular weight is 660 g/mol. The zero-order valence-corrected chi connectivity index (χ0v) is 28.0. The number of ether oxygens (including phenoxy) is 3. The van der Waals surface area contributed by atoms with Crippen LogP contribution in [0.25, 0.3) is 27.4 Å². The predicted octanol–water partition coefficient (Wildman–Crippen LogP) is 7.73. The molecule has 1 aliphatic carbocycles. The van der Waals surface area contributed by atoms with Crippen LogP contribution in [0.4, 0.5) is 0 Å². The molecule has 6 rings (SSSR count). The van der Waals surface area contributed by atoms with E-state index in [4.69, 9.17) is 18.6 Å². The summed E-state index contributed by atoms with van der Waals surface area (Å²) in [5, 5.41) is 7.61. The van der Waals surface area contributed by atoms with Gasteiger partial charge in [-0.2, -0.15) is 0 Å². The largest absolute Gasteiger partial charge is 0.496 e. The van der Waals surface area contributed by atoms with Crippen LogP contribution in [0, 0.1) is 5.92 Å². The van der Waals surface area contributed by atoms with Crippen molar-refractivity contribution in [1.29, 1.82) is 0 Å². The number of hydrogen-bond acceptors (Lipinski definition) is 10. The number of fused-ring (bicyclic) bond motifs is 2. The lowest BCUT2D eigenvalue weighted by molar-refractivity contribution is 0.0672. The van der Waals surface area contributed by atoms with Crippen LogP contribution in [0.15, 0.2) is 69.2 Å². The van der Waals surface area contributed by atoms with Gasteiger partial charge >= 0.3 is 0 Å². The maximum Gasteiger partial charge on any atom is 0.294 e. The number of thioether (sulfide) groups is 1. The van der Waals surface area contributed by atoms with E-state index >= 15 is 0 Å². The van der Waals surface area contributed by atoms with Gasteiger partial charge in [0.25, 0.3) is 11.1 Å². The van der Waals surface area contributed by atoms with Crippen molar-refractivity contribution >= 4 is 51.7 Å². The van der Waals surface area contributed by atoms with E-state index in [1.807, 2.05) is 52.8 Å². The van der Waals surface area contributed by atoms with Crippen LogP contribution in [-0.4, -0.2) is 65.5 Å². The second-order valence-corrected chi connectivity index (χ2v) is 13.0. The molecule has 240 valence electrons. The number of methoxy groups -OCH3 is 2. The van der Waals surface area contributed by atoms with E-state index in [0.29, 0.717) is 56.3 Å². The van der Waals surface area contributed by atoms with Gasteiger partial charge in [0.15, 0.2) is 5.76 Å². The SMILES string of the molecule is C=N/C(=C\SCc1ccc(C(=O)N(CCC)C(C)C2CC2)cc1)COc1cc(OC)cc2oc(-c3cn4nc(OC)sc4n3)cc12. The van der Waals surface area contributed by atoms with Crippen molar-refractivity contribution in [3.05, 3.63) is 70.9 Å². The van der Waals surface area contributed by atoms with Gasteiger partial charge in [-0.25, -0.2) is 9.50 Å². The van der Waals surface area contributed by atoms with Crippen molar-refractivity contribution in [1.82, 2.24) is 19.5 Å². The monoisotopic (exact) mass is 659 g/mol. The summed E-state index contributed by atoms with van der Waals surface area (Å²) in [6, 6.07) is 13.8. The molecule has 0 saturated heterocycles. The number of imidazole rings is 1. The van der Waals surface area contributed by atoms with Crippen molar-refractivity contribution in [2.45, 2.75) is 44.9 Å². The molecule has 5 aromatic rings. The Morgan fingerprint density at radius 3 is 2.72 bits per heavy atom. The highest BCUT2D eigenvalue weighted by atomic mass is 32.2. The van der Waals surface area contributed by atoms with Gasteiger partial charge in [-0.3, -0.25) is 9.79 Å². The summed E-state index contributed by atoms with van der Waals surface area (Å²) in [6.07, 6.45) is 5.20. The summed E-state index contributed by atoms with van der Waals surface area (Å²) in [4.78, 5) is 24.8. The molecule has 1 aliphatic rings. The molecule has 0 bridgehead atoms. The molecular weight excluding hydrogens is 623 g/mol. The van der Waals surface area contributed by atoms with Crippen molar-refractivity contribution in [3.63, 3.8) is 0 Å². The number of nitrogens with zero attached hydrogens (tertiary/aromatic N) is 5. The van der Waals surface area contributed by atoms with E-state index in [-0.39, 0.29) is 12.5 Å². The molecule has 1 amide bonds. The van der Waals surface area contributed by atoms with Crippen LogP contribution < -0.4 is 14.2 Å². The van der Waals surface area contributed by atoms with Gasteiger partial charge in [0, 0.05) is 36.0 Å². The molecule has 1 saturated carbocycles. The molecule has 0 aliphatic heterocycles. The molecule has 10 nitrogen and oxygen atoms in total. The van der Waals surface area contributed by atoms with E-state index in [1.165, 1.54) is 24.2 Å². The standard InChI is InChI=1S/C34H37N5O5S2/c1-6-13-38(21(2)23-11-12-23)32(40)24-9-7-22(8-10-24)19-45-20-25(35-3)18-43-29-14-26(41-4)15-30-27(29)16-31(44-30)28-17-39-33(36-28)46-34(37-39)42-5/h7-10,14-17,20-21,23H,3,6,11-13,18-19H2,1-2,4-5H3/b25-20-. The fraction of sp³-hybridized carbons (Fsp3) is 0.353. The minimum Gasteiger partial charge on any atom is -0.496 e. The molecule has 12 heteroatoms. The second-order valence-electron chi connectivity index (χ2n) is 11.2. The number of hydrogen-bond donors (Lipinski definition) is 0. The Morgan fingerprint density at radius 1 is 1.24 bits per heavy atom. The van der Waals surface area contributed by atoms with Gasteiger partial charge in [0.2, 0.25) is 4.96 Å². The van der Waals surface area contributed by atoms with E-state index in [9.17, 15) is 4.79 Å². The summed E-state index contributed by atoms with van der Waals surface area (Å²) in [7, 11) is 3.18. The van der Waals surface area contributed by atoms with Crippen molar-refractivity contribution in [3.8, 4) is 28.1 Å².